The van der Waals surface area contributed by atoms with E-state index < -0.39 is 0 Å². The summed E-state index contributed by atoms with van der Waals surface area (Å²) in [7, 11) is 0. The lowest BCUT2D eigenvalue weighted by atomic mass is 10.0. The molecule has 0 bridgehead atoms. The van der Waals surface area contributed by atoms with E-state index in [1.54, 1.807) is 6.20 Å². The van der Waals surface area contributed by atoms with Gasteiger partial charge in [0.05, 0.1) is 5.69 Å². The summed E-state index contributed by atoms with van der Waals surface area (Å²) in [5.74, 6) is 0. The van der Waals surface area contributed by atoms with Crippen molar-refractivity contribution >= 4 is 38.4 Å². The van der Waals surface area contributed by atoms with E-state index in [0.717, 1.165) is 57.6 Å². The second-order valence-electron chi connectivity index (χ2n) is 5.76. The first-order valence-corrected chi connectivity index (χ1v) is 8.89. The molecule has 3 N–H and O–H groups in total. The Morgan fingerprint density at radius 2 is 2.04 bits per heavy atom. The molecule has 0 spiro atoms. The van der Waals surface area contributed by atoms with Crippen LogP contribution in [0.5, 0.6) is 0 Å². The largest absolute Gasteiger partial charge is 0.354 e. The minimum Gasteiger partial charge on any atom is -0.354 e. The molecule has 0 atom stereocenters. The maximum atomic E-state index is 6.28. The average molecular weight is 393 g/mol. The van der Waals surface area contributed by atoms with Crippen molar-refractivity contribution in [3.63, 3.8) is 0 Å². The molecule has 0 aliphatic heterocycles. The van der Waals surface area contributed by atoms with Gasteiger partial charge in [-0.05, 0) is 78.0 Å². The Balaban J connectivity index is 2.19. The number of pyridine rings is 1. The molecule has 0 unspecified atom stereocenters. The van der Waals surface area contributed by atoms with Crippen molar-refractivity contribution in [3.8, 4) is 11.3 Å². The van der Waals surface area contributed by atoms with Crippen LogP contribution in [0.2, 0.25) is 5.02 Å². The second-order valence-corrected chi connectivity index (χ2v) is 7.11. The van der Waals surface area contributed by atoms with Gasteiger partial charge in [0.2, 0.25) is 0 Å². The third kappa shape index (κ3) is 3.44. The zero-order valence-electron chi connectivity index (χ0n) is 13.0. The number of aromatic nitrogens is 2. The summed E-state index contributed by atoms with van der Waals surface area (Å²) in [6, 6.07) is 6.13. The van der Waals surface area contributed by atoms with Gasteiger partial charge < -0.3 is 10.7 Å². The fourth-order valence-corrected chi connectivity index (χ4v) is 3.62. The van der Waals surface area contributed by atoms with Crippen LogP contribution in [0.15, 0.2) is 35.1 Å². The highest BCUT2D eigenvalue weighted by molar-refractivity contribution is 9.10. The topological polar surface area (TPSA) is 54.7 Å². The van der Waals surface area contributed by atoms with Gasteiger partial charge in [-0.1, -0.05) is 11.6 Å². The fraction of sp³-hybridized carbons (Fsp3) is 0.278. The summed E-state index contributed by atoms with van der Waals surface area (Å²) in [5.41, 5.74) is 11.4. The van der Waals surface area contributed by atoms with E-state index in [9.17, 15) is 0 Å². The van der Waals surface area contributed by atoms with Crippen LogP contribution < -0.4 is 5.73 Å². The van der Waals surface area contributed by atoms with E-state index in [0.29, 0.717) is 0 Å². The number of benzene rings is 1. The van der Waals surface area contributed by atoms with Crippen LogP contribution in [0.25, 0.3) is 22.2 Å². The monoisotopic (exact) mass is 391 g/mol. The molecule has 2 aromatic heterocycles. The fourth-order valence-electron chi connectivity index (χ4n) is 2.98. The van der Waals surface area contributed by atoms with Crippen LogP contribution in [-0.4, -0.2) is 16.5 Å². The summed E-state index contributed by atoms with van der Waals surface area (Å²) in [4.78, 5) is 7.87. The van der Waals surface area contributed by atoms with E-state index in [1.807, 2.05) is 18.3 Å². The number of H-pyrrole nitrogens is 1. The maximum Gasteiger partial charge on any atom is 0.0513 e. The molecule has 2 heterocycles. The van der Waals surface area contributed by atoms with Gasteiger partial charge in [-0.25, -0.2) is 0 Å². The third-order valence-corrected chi connectivity index (χ3v) is 4.70. The van der Waals surface area contributed by atoms with Crippen LogP contribution in [0.4, 0.5) is 0 Å². The van der Waals surface area contributed by atoms with Gasteiger partial charge in [-0.3, -0.25) is 4.98 Å². The first-order valence-electron chi connectivity index (χ1n) is 7.72. The SMILES string of the molecule is Cc1cc(Cl)cc2c(CCCCN)c(-c3cncc(Br)c3)[nH]c12. The Labute approximate surface area is 149 Å². The zero-order chi connectivity index (χ0) is 16.4. The average Bonchev–Trinajstić information content (AvgIpc) is 2.87. The first kappa shape index (κ1) is 16.5. The van der Waals surface area contributed by atoms with Crippen LogP contribution in [-0.2, 0) is 6.42 Å². The predicted octanol–water partition coefficient (Wildman–Crippen LogP) is 5.24. The van der Waals surface area contributed by atoms with Gasteiger partial charge in [-0.2, -0.15) is 0 Å². The van der Waals surface area contributed by atoms with Gasteiger partial charge in [-0.15, -0.1) is 0 Å². The number of hydrogen-bond donors (Lipinski definition) is 2. The summed E-state index contributed by atoms with van der Waals surface area (Å²) in [6.45, 7) is 2.80. The molecule has 0 aliphatic rings. The molecule has 1 aromatic carbocycles. The molecule has 0 saturated carbocycles. The Bertz CT molecular complexity index is 842. The zero-order valence-corrected chi connectivity index (χ0v) is 15.3. The molecule has 120 valence electrons. The highest BCUT2D eigenvalue weighted by Gasteiger charge is 2.15. The van der Waals surface area contributed by atoms with E-state index in [-0.39, 0.29) is 0 Å². The summed E-state index contributed by atoms with van der Waals surface area (Å²) in [5, 5.41) is 1.97. The second kappa shape index (κ2) is 7.04. The molecule has 0 aliphatic carbocycles. The molecule has 3 nitrogen and oxygen atoms in total. The lowest BCUT2D eigenvalue weighted by Gasteiger charge is -2.05. The number of unbranched alkanes of at least 4 members (excludes halogenated alkanes) is 1. The van der Waals surface area contributed by atoms with Crippen molar-refractivity contribution in [1.82, 2.24) is 9.97 Å². The number of rotatable bonds is 5. The van der Waals surface area contributed by atoms with E-state index in [4.69, 9.17) is 17.3 Å². The first-order chi connectivity index (χ1) is 11.1. The molecule has 23 heavy (non-hydrogen) atoms. The molecular weight excluding hydrogens is 374 g/mol. The number of aryl methyl sites for hydroxylation is 2. The minimum atomic E-state index is 0.718. The van der Waals surface area contributed by atoms with Crippen molar-refractivity contribution in [1.29, 1.82) is 0 Å². The van der Waals surface area contributed by atoms with Crippen LogP contribution >= 0.6 is 27.5 Å². The lowest BCUT2D eigenvalue weighted by Crippen LogP contribution is -1.99. The van der Waals surface area contributed by atoms with Crippen LogP contribution in [0.3, 0.4) is 0 Å². The van der Waals surface area contributed by atoms with Gasteiger partial charge in [0.15, 0.2) is 0 Å². The van der Waals surface area contributed by atoms with Crippen molar-refractivity contribution in [2.24, 2.45) is 5.73 Å². The number of nitrogens with two attached hydrogens (primary N) is 1. The smallest absolute Gasteiger partial charge is 0.0513 e. The number of hydrogen-bond acceptors (Lipinski definition) is 2. The quantitative estimate of drug-likeness (QED) is 0.584. The summed E-state index contributed by atoms with van der Waals surface area (Å²) in [6.07, 6.45) is 6.73. The molecule has 0 fully saturated rings. The number of fused-ring (bicyclic) bond motifs is 1. The van der Waals surface area contributed by atoms with E-state index in [1.165, 1.54) is 10.9 Å². The van der Waals surface area contributed by atoms with E-state index >= 15 is 0 Å². The summed E-state index contributed by atoms with van der Waals surface area (Å²) >= 11 is 9.79. The highest BCUT2D eigenvalue weighted by atomic mass is 79.9. The van der Waals surface area contributed by atoms with Crippen molar-refractivity contribution in [2.45, 2.75) is 26.2 Å². The Morgan fingerprint density at radius 3 is 2.78 bits per heavy atom. The Hall–Kier alpha value is -1.36. The van der Waals surface area contributed by atoms with Crippen molar-refractivity contribution in [2.75, 3.05) is 6.54 Å². The van der Waals surface area contributed by atoms with Crippen molar-refractivity contribution in [3.05, 3.63) is 51.2 Å². The standard InChI is InChI=1S/C18H19BrClN3/c1-11-6-14(20)8-16-15(4-2-3-5-21)18(23-17(11)16)12-7-13(19)10-22-9-12/h6-10,23H,2-5,21H2,1H3. The molecule has 0 amide bonds. The minimum absolute atomic E-state index is 0.718. The van der Waals surface area contributed by atoms with Gasteiger partial charge in [0.25, 0.3) is 0 Å². The lowest BCUT2D eigenvalue weighted by molar-refractivity contribution is 0.748. The molecule has 0 radical (unpaired) electrons. The third-order valence-electron chi connectivity index (χ3n) is 4.05. The van der Waals surface area contributed by atoms with Crippen LogP contribution in [0.1, 0.15) is 24.0 Å². The highest BCUT2D eigenvalue weighted by Crippen LogP contribution is 2.35. The van der Waals surface area contributed by atoms with Gasteiger partial charge in [0.1, 0.15) is 0 Å². The molecular formula is C18H19BrClN3. The maximum absolute atomic E-state index is 6.28. The predicted molar refractivity (Wildman–Crippen MR) is 101 cm³/mol. The number of aromatic amines is 1. The summed E-state index contributed by atoms with van der Waals surface area (Å²) < 4.78 is 0.969. The number of nitrogens with zero attached hydrogens (tertiary/aromatic N) is 1. The normalized spacial score (nSPS) is 11.3. The van der Waals surface area contributed by atoms with E-state index in [2.05, 4.69) is 38.9 Å². The molecule has 3 aromatic rings. The molecule has 0 saturated heterocycles. The number of halogens is 2. The van der Waals surface area contributed by atoms with Crippen molar-refractivity contribution < 1.29 is 0 Å². The Kier molecular flexibility index (Phi) is 5.05. The number of nitrogens with one attached hydrogen (secondary N) is 1. The van der Waals surface area contributed by atoms with Gasteiger partial charge in [0, 0.05) is 38.4 Å². The van der Waals surface area contributed by atoms with Crippen LogP contribution in [0, 0.1) is 6.92 Å². The Morgan fingerprint density at radius 1 is 1.22 bits per heavy atom. The molecule has 5 heteroatoms. The van der Waals surface area contributed by atoms with Gasteiger partial charge >= 0.3 is 0 Å². The molecule has 3 rings (SSSR count).